The van der Waals surface area contributed by atoms with Gasteiger partial charge in [-0.1, -0.05) is 93.9 Å². The lowest BCUT2D eigenvalue weighted by atomic mass is 9.99. The smallest absolute Gasteiger partial charge is 0.164 e. The van der Waals surface area contributed by atoms with Crippen molar-refractivity contribution in [1.29, 1.82) is 0 Å². The van der Waals surface area contributed by atoms with Gasteiger partial charge in [-0.3, -0.25) is 0 Å². The van der Waals surface area contributed by atoms with Gasteiger partial charge in [0.05, 0.1) is 1.37 Å². The first-order valence-electron chi connectivity index (χ1n) is 10.2. The van der Waals surface area contributed by atoms with Crippen LogP contribution in [0.2, 0.25) is 0 Å². The van der Waals surface area contributed by atoms with Crippen LogP contribution in [-0.4, -0.2) is 0 Å². The number of unbranched alkanes of at least 4 members (excludes halogenated alkanes) is 1. The van der Waals surface area contributed by atoms with E-state index < -0.39 is 7.14 Å². The van der Waals surface area contributed by atoms with E-state index in [4.69, 9.17) is 1.37 Å². The van der Waals surface area contributed by atoms with Crippen molar-refractivity contribution in [2.45, 2.75) is 52.9 Å². The SMILES string of the molecule is [2H]/C(=C(CCCC)\C(=C\CC)CC)P(=O)(c1ccccc1)c1ccccc1. The summed E-state index contributed by atoms with van der Waals surface area (Å²) in [4.78, 5) is 0. The summed E-state index contributed by atoms with van der Waals surface area (Å²) in [7, 11) is -3.20. The van der Waals surface area contributed by atoms with Gasteiger partial charge in [0.1, 0.15) is 0 Å². The predicted octanol–water partition coefficient (Wildman–Crippen LogP) is 6.82. The van der Waals surface area contributed by atoms with E-state index in [1.165, 1.54) is 5.57 Å². The monoisotopic (exact) mass is 367 g/mol. The number of allylic oxidation sites excluding steroid dienone is 3. The van der Waals surface area contributed by atoms with E-state index in [1.54, 1.807) is 0 Å². The van der Waals surface area contributed by atoms with Crippen molar-refractivity contribution in [2.24, 2.45) is 0 Å². The molecule has 0 aliphatic rings. The lowest BCUT2D eigenvalue weighted by Crippen LogP contribution is -2.14. The van der Waals surface area contributed by atoms with E-state index in [-0.39, 0.29) is 0 Å². The highest BCUT2D eigenvalue weighted by Gasteiger charge is 2.25. The fourth-order valence-corrected chi connectivity index (χ4v) is 5.49. The average molecular weight is 367 g/mol. The standard InChI is InChI=1S/C24H31OP/c1-4-7-15-22(21(6-3)14-5-2)20-26(25,23-16-10-8-11-17-23)24-18-12-9-13-19-24/h8-14,16-20H,4-7,15H2,1-3H3/b21-14+,22-20+/i20D. The van der Waals surface area contributed by atoms with Gasteiger partial charge in [0.25, 0.3) is 0 Å². The molecule has 0 aliphatic carbocycles. The summed E-state index contributed by atoms with van der Waals surface area (Å²) in [5.41, 5.74) is 2.14. The molecule has 0 saturated carbocycles. The second-order valence-electron chi connectivity index (χ2n) is 6.47. The Labute approximate surface area is 160 Å². The van der Waals surface area contributed by atoms with Crippen LogP contribution in [0.4, 0.5) is 0 Å². The minimum absolute atomic E-state index is 0.301. The van der Waals surface area contributed by atoms with Crippen LogP contribution in [0.15, 0.2) is 83.7 Å². The fraction of sp³-hybridized carbons (Fsp3) is 0.333. The molecule has 0 fully saturated rings. The molecule has 0 spiro atoms. The van der Waals surface area contributed by atoms with Crippen molar-refractivity contribution < 1.29 is 5.94 Å². The first kappa shape index (κ1) is 18.9. The molecule has 0 amide bonds. The van der Waals surface area contributed by atoms with Crippen molar-refractivity contribution in [3.05, 3.63) is 83.7 Å². The molecule has 0 saturated heterocycles. The van der Waals surface area contributed by atoms with E-state index in [9.17, 15) is 4.57 Å². The minimum Gasteiger partial charge on any atom is -0.309 e. The highest BCUT2D eigenvalue weighted by atomic mass is 31.2. The summed E-state index contributed by atoms with van der Waals surface area (Å²) in [6, 6.07) is 19.1. The van der Waals surface area contributed by atoms with Crippen LogP contribution in [0.5, 0.6) is 0 Å². The number of hydrogen-bond donors (Lipinski definition) is 0. The van der Waals surface area contributed by atoms with Crippen molar-refractivity contribution in [3.8, 4) is 0 Å². The molecule has 0 unspecified atom stereocenters. The zero-order valence-corrected chi connectivity index (χ0v) is 17.1. The molecule has 2 heteroatoms. The quantitative estimate of drug-likeness (QED) is 0.351. The maximum Gasteiger partial charge on any atom is 0.164 e. The van der Waals surface area contributed by atoms with Crippen molar-refractivity contribution in [2.75, 3.05) is 0 Å². The molecule has 0 N–H and O–H groups in total. The van der Waals surface area contributed by atoms with E-state index >= 15 is 0 Å². The average Bonchev–Trinajstić information content (AvgIpc) is 2.73. The molecule has 2 aromatic rings. The normalized spacial score (nSPS) is 14.0. The molecule has 0 radical (unpaired) electrons. The Balaban J connectivity index is 2.77. The Morgan fingerprint density at radius 1 is 0.923 bits per heavy atom. The van der Waals surface area contributed by atoms with Gasteiger partial charge in [-0.2, -0.15) is 0 Å². The maximum absolute atomic E-state index is 14.5. The van der Waals surface area contributed by atoms with Crippen LogP contribution < -0.4 is 10.6 Å². The van der Waals surface area contributed by atoms with E-state index in [2.05, 4.69) is 26.8 Å². The molecule has 0 bridgehead atoms. The van der Waals surface area contributed by atoms with Gasteiger partial charge >= 0.3 is 0 Å². The fourth-order valence-electron chi connectivity index (χ4n) is 3.11. The molecular weight excluding hydrogens is 335 g/mol. The van der Waals surface area contributed by atoms with Crippen LogP contribution in [0.3, 0.4) is 0 Å². The molecule has 0 aromatic heterocycles. The molecule has 2 aromatic carbocycles. The highest BCUT2D eigenvalue weighted by molar-refractivity contribution is 7.81. The minimum atomic E-state index is -3.20. The van der Waals surface area contributed by atoms with Crippen molar-refractivity contribution >= 4 is 17.8 Å². The van der Waals surface area contributed by atoms with E-state index in [0.29, 0.717) is 5.79 Å². The second kappa shape index (κ2) is 10.3. The molecular formula is C24H31OP. The van der Waals surface area contributed by atoms with E-state index in [1.807, 2.05) is 60.7 Å². The van der Waals surface area contributed by atoms with Crippen molar-refractivity contribution in [1.82, 2.24) is 0 Å². The molecule has 2 rings (SSSR count). The second-order valence-corrected chi connectivity index (χ2v) is 8.94. The molecule has 0 heterocycles. The van der Waals surface area contributed by atoms with Gasteiger partial charge in [0.2, 0.25) is 0 Å². The summed E-state index contributed by atoms with van der Waals surface area (Å²) < 4.78 is 23.6. The predicted molar refractivity (Wildman–Crippen MR) is 116 cm³/mol. The molecule has 26 heavy (non-hydrogen) atoms. The van der Waals surface area contributed by atoms with Gasteiger partial charge < -0.3 is 4.57 Å². The Hall–Kier alpha value is -1.85. The first-order chi connectivity index (χ1) is 13.1. The number of benzene rings is 2. The topological polar surface area (TPSA) is 17.1 Å². The van der Waals surface area contributed by atoms with E-state index in [0.717, 1.165) is 48.3 Å². The van der Waals surface area contributed by atoms with Crippen LogP contribution in [0, 0.1) is 0 Å². The third kappa shape index (κ3) is 5.08. The number of rotatable bonds is 9. The van der Waals surface area contributed by atoms with Gasteiger partial charge in [-0.15, -0.1) is 0 Å². The Morgan fingerprint density at radius 3 is 1.88 bits per heavy atom. The van der Waals surface area contributed by atoms with Gasteiger partial charge in [0.15, 0.2) is 7.14 Å². The molecule has 1 nitrogen and oxygen atoms in total. The van der Waals surface area contributed by atoms with Crippen LogP contribution in [-0.2, 0) is 4.57 Å². The summed E-state index contributed by atoms with van der Waals surface area (Å²) in [5.74, 6) is 0.301. The third-order valence-corrected chi connectivity index (χ3v) is 7.17. The summed E-state index contributed by atoms with van der Waals surface area (Å²) in [5, 5.41) is 1.48. The molecule has 0 aliphatic heterocycles. The summed E-state index contributed by atoms with van der Waals surface area (Å²) in [6.07, 6.45) is 6.84. The lowest BCUT2D eigenvalue weighted by Gasteiger charge is -2.19. The lowest BCUT2D eigenvalue weighted by molar-refractivity contribution is 0.592. The number of hydrogen-bond acceptors (Lipinski definition) is 1. The van der Waals surface area contributed by atoms with Crippen LogP contribution in [0.1, 0.15) is 54.2 Å². The van der Waals surface area contributed by atoms with Crippen LogP contribution >= 0.6 is 7.14 Å². The zero-order valence-electron chi connectivity index (χ0n) is 17.2. The Morgan fingerprint density at radius 2 is 1.46 bits per heavy atom. The third-order valence-electron chi connectivity index (χ3n) is 4.53. The van der Waals surface area contributed by atoms with Gasteiger partial charge in [-0.05, 0) is 42.6 Å². The summed E-state index contributed by atoms with van der Waals surface area (Å²) in [6.45, 7) is 6.39. The zero-order chi connectivity index (χ0) is 19.7. The maximum atomic E-state index is 14.5. The van der Waals surface area contributed by atoms with Gasteiger partial charge in [-0.25, -0.2) is 0 Å². The summed E-state index contributed by atoms with van der Waals surface area (Å²) >= 11 is 0. The Kier molecular flexibility index (Phi) is 7.52. The Bertz CT molecular complexity index is 778. The largest absolute Gasteiger partial charge is 0.309 e. The highest BCUT2D eigenvalue weighted by Crippen LogP contribution is 2.47. The molecule has 138 valence electrons. The van der Waals surface area contributed by atoms with Crippen molar-refractivity contribution in [3.63, 3.8) is 0 Å². The van der Waals surface area contributed by atoms with Gasteiger partial charge in [0, 0.05) is 10.6 Å². The first-order valence-corrected chi connectivity index (χ1v) is 11.4. The molecule has 0 atom stereocenters. The van der Waals surface area contributed by atoms with Crippen LogP contribution in [0.25, 0.3) is 0 Å².